The lowest BCUT2D eigenvalue weighted by atomic mass is 9.96. The number of nitrogens with zero attached hydrogens (tertiary/aromatic N) is 1. The summed E-state index contributed by atoms with van der Waals surface area (Å²) in [6, 6.07) is 22.1. The molecule has 0 bridgehead atoms. The van der Waals surface area contributed by atoms with Crippen LogP contribution in [0, 0.1) is 4.91 Å². The predicted octanol–water partition coefficient (Wildman–Crippen LogP) is 5.12. The highest BCUT2D eigenvalue weighted by molar-refractivity contribution is 5.85. The summed E-state index contributed by atoms with van der Waals surface area (Å²) in [6.45, 7) is 0. The van der Waals surface area contributed by atoms with Crippen molar-refractivity contribution in [2.24, 2.45) is 5.18 Å². The molecule has 0 spiro atoms. The smallest absolute Gasteiger partial charge is 0.131 e. The topological polar surface area (TPSA) is 49.7 Å². The lowest BCUT2D eigenvalue weighted by molar-refractivity contribution is 0.479. The van der Waals surface area contributed by atoms with Gasteiger partial charge in [0.2, 0.25) is 0 Å². The summed E-state index contributed by atoms with van der Waals surface area (Å²) in [6.07, 6.45) is 0. The van der Waals surface area contributed by atoms with Crippen LogP contribution in [0.1, 0.15) is 0 Å². The van der Waals surface area contributed by atoms with E-state index in [2.05, 4.69) is 5.18 Å². The molecule has 0 atom stereocenters. The third-order valence-corrected chi connectivity index (χ3v) is 3.37. The third-order valence-electron chi connectivity index (χ3n) is 3.37. The highest BCUT2D eigenvalue weighted by atomic mass is 16.3. The van der Waals surface area contributed by atoms with Crippen LogP contribution in [0.2, 0.25) is 0 Å². The number of phenolic OH excluding ortho intramolecular Hbond substituents is 1. The quantitative estimate of drug-likeness (QED) is 0.674. The predicted molar refractivity (Wildman–Crippen MR) is 84.4 cm³/mol. The lowest BCUT2D eigenvalue weighted by Crippen LogP contribution is -1.84. The van der Waals surface area contributed by atoms with Gasteiger partial charge in [-0.25, -0.2) is 0 Å². The van der Waals surface area contributed by atoms with Gasteiger partial charge < -0.3 is 5.11 Å². The van der Waals surface area contributed by atoms with Gasteiger partial charge in [0.15, 0.2) is 0 Å². The molecule has 0 aromatic heterocycles. The van der Waals surface area contributed by atoms with Crippen LogP contribution < -0.4 is 0 Å². The van der Waals surface area contributed by atoms with Gasteiger partial charge >= 0.3 is 0 Å². The van der Waals surface area contributed by atoms with E-state index < -0.39 is 0 Å². The molecule has 0 heterocycles. The fraction of sp³-hybridized carbons (Fsp3) is 0. The van der Waals surface area contributed by atoms with Crippen LogP contribution in [0.15, 0.2) is 78.0 Å². The van der Waals surface area contributed by atoms with Crippen molar-refractivity contribution in [2.75, 3.05) is 0 Å². The molecule has 3 heteroatoms. The summed E-state index contributed by atoms with van der Waals surface area (Å²) in [7, 11) is 0. The Bertz CT molecular complexity index is 707. The molecule has 3 rings (SSSR count). The highest BCUT2D eigenvalue weighted by Gasteiger charge is 2.13. The molecule has 21 heavy (non-hydrogen) atoms. The molecular formula is C18H13NO2. The molecule has 0 amide bonds. The average Bonchev–Trinajstić information content (AvgIpc) is 2.57. The average molecular weight is 275 g/mol. The zero-order valence-corrected chi connectivity index (χ0v) is 11.2. The SMILES string of the molecule is O=Nc1cc(-c2ccccc2)c(O)c(-c2ccccc2)c1. The Morgan fingerprint density at radius 3 is 1.52 bits per heavy atom. The van der Waals surface area contributed by atoms with Crippen LogP contribution in [0.5, 0.6) is 5.75 Å². The van der Waals surface area contributed by atoms with Gasteiger partial charge in [-0.1, -0.05) is 60.7 Å². The van der Waals surface area contributed by atoms with Crippen molar-refractivity contribution in [3.05, 3.63) is 77.7 Å². The monoisotopic (exact) mass is 275 g/mol. The van der Waals surface area contributed by atoms with Gasteiger partial charge in [-0.3, -0.25) is 0 Å². The van der Waals surface area contributed by atoms with E-state index in [9.17, 15) is 10.0 Å². The number of rotatable bonds is 3. The van der Waals surface area contributed by atoms with Gasteiger partial charge in [0.25, 0.3) is 0 Å². The first-order valence-electron chi connectivity index (χ1n) is 6.61. The minimum absolute atomic E-state index is 0.153. The van der Waals surface area contributed by atoms with Crippen LogP contribution in [0.4, 0.5) is 5.69 Å². The van der Waals surface area contributed by atoms with Crippen molar-refractivity contribution in [1.29, 1.82) is 0 Å². The van der Waals surface area contributed by atoms with Gasteiger partial charge in [-0.2, -0.15) is 0 Å². The minimum Gasteiger partial charge on any atom is -0.507 e. The Hall–Kier alpha value is -2.94. The van der Waals surface area contributed by atoms with Crippen LogP contribution in [0.3, 0.4) is 0 Å². The van der Waals surface area contributed by atoms with Crippen molar-refractivity contribution >= 4 is 5.69 Å². The molecule has 0 unspecified atom stereocenters. The first kappa shape index (κ1) is 13.1. The molecule has 0 aliphatic carbocycles. The van der Waals surface area contributed by atoms with Crippen LogP contribution >= 0.6 is 0 Å². The van der Waals surface area contributed by atoms with E-state index >= 15 is 0 Å². The van der Waals surface area contributed by atoms with Gasteiger partial charge in [0.05, 0.1) is 0 Å². The van der Waals surface area contributed by atoms with E-state index in [4.69, 9.17) is 0 Å². The fourth-order valence-corrected chi connectivity index (χ4v) is 2.35. The van der Waals surface area contributed by atoms with E-state index in [1.807, 2.05) is 60.7 Å². The Morgan fingerprint density at radius 1 is 0.714 bits per heavy atom. The second kappa shape index (κ2) is 5.59. The van der Waals surface area contributed by atoms with Crippen molar-refractivity contribution in [2.45, 2.75) is 0 Å². The molecule has 3 aromatic rings. The molecule has 0 aliphatic heterocycles. The fourth-order valence-electron chi connectivity index (χ4n) is 2.35. The second-order valence-corrected chi connectivity index (χ2v) is 4.71. The van der Waals surface area contributed by atoms with Crippen molar-refractivity contribution in [1.82, 2.24) is 0 Å². The summed E-state index contributed by atoms with van der Waals surface area (Å²) >= 11 is 0. The number of phenols is 1. The van der Waals surface area contributed by atoms with Gasteiger partial charge in [-0.05, 0) is 28.4 Å². The maximum Gasteiger partial charge on any atom is 0.131 e. The van der Waals surface area contributed by atoms with E-state index in [1.165, 1.54) is 0 Å². The minimum atomic E-state index is 0.153. The first-order valence-corrected chi connectivity index (χ1v) is 6.61. The number of aromatic hydroxyl groups is 1. The molecule has 0 fully saturated rings. The molecule has 3 nitrogen and oxygen atoms in total. The summed E-state index contributed by atoms with van der Waals surface area (Å²) in [5, 5.41) is 13.6. The summed E-state index contributed by atoms with van der Waals surface area (Å²) < 4.78 is 0. The van der Waals surface area contributed by atoms with Crippen molar-refractivity contribution < 1.29 is 5.11 Å². The van der Waals surface area contributed by atoms with E-state index in [1.54, 1.807) is 12.1 Å². The molecule has 3 aromatic carbocycles. The van der Waals surface area contributed by atoms with Crippen LogP contribution in [-0.2, 0) is 0 Å². The first-order chi connectivity index (χ1) is 10.3. The van der Waals surface area contributed by atoms with Crippen molar-refractivity contribution in [3.63, 3.8) is 0 Å². The number of hydrogen-bond acceptors (Lipinski definition) is 3. The summed E-state index contributed by atoms with van der Waals surface area (Å²) in [5.41, 5.74) is 3.19. The van der Waals surface area contributed by atoms with Crippen LogP contribution in [0.25, 0.3) is 22.3 Å². The normalized spacial score (nSPS) is 10.3. The van der Waals surface area contributed by atoms with E-state index in [0.717, 1.165) is 11.1 Å². The Balaban J connectivity index is 2.25. The molecule has 0 saturated carbocycles. The summed E-state index contributed by atoms with van der Waals surface area (Å²) in [5.74, 6) is 0.153. The van der Waals surface area contributed by atoms with E-state index in [0.29, 0.717) is 16.8 Å². The number of hydrogen-bond donors (Lipinski definition) is 1. The standard InChI is InChI=1S/C18H13NO2/c20-18-16(13-7-3-1-4-8-13)11-15(19-21)12-17(18)14-9-5-2-6-10-14/h1-12,20H. The van der Waals surface area contributed by atoms with Gasteiger partial charge in [0.1, 0.15) is 11.4 Å². The van der Waals surface area contributed by atoms with Crippen molar-refractivity contribution in [3.8, 4) is 28.0 Å². The third kappa shape index (κ3) is 2.54. The lowest BCUT2D eigenvalue weighted by Gasteiger charge is -2.11. The number of nitroso groups, excluding NO2 is 1. The molecule has 0 aliphatic rings. The Kier molecular flexibility index (Phi) is 3.48. The van der Waals surface area contributed by atoms with E-state index in [-0.39, 0.29) is 5.75 Å². The van der Waals surface area contributed by atoms with Crippen LogP contribution in [-0.4, -0.2) is 5.11 Å². The molecule has 0 saturated heterocycles. The molecular weight excluding hydrogens is 262 g/mol. The summed E-state index contributed by atoms with van der Waals surface area (Å²) in [4.78, 5) is 11.0. The largest absolute Gasteiger partial charge is 0.507 e. The second-order valence-electron chi connectivity index (χ2n) is 4.71. The Morgan fingerprint density at radius 2 is 1.14 bits per heavy atom. The number of benzene rings is 3. The molecule has 102 valence electrons. The zero-order valence-electron chi connectivity index (χ0n) is 11.2. The zero-order chi connectivity index (χ0) is 14.7. The van der Waals surface area contributed by atoms with Gasteiger partial charge in [-0.15, -0.1) is 4.91 Å². The highest BCUT2D eigenvalue weighted by Crippen LogP contribution is 2.41. The van der Waals surface area contributed by atoms with Gasteiger partial charge in [0, 0.05) is 11.1 Å². The Labute approximate surface area is 122 Å². The molecule has 1 N–H and O–H groups in total. The molecule has 0 radical (unpaired) electrons. The maximum atomic E-state index is 11.0. The maximum absolute atomic E-state index is 11.0.